The van der Waals surface area contributed by atoms with Gasteiger partial charge in [0.1, 0.15) is 10.7 Å². The lowest BCUT2D eigenvalue weighted by Crippen LogP contribution is -2.36. The first kappa shape index (κ1) is 11.6. The lowest BCUT2D eigenvalue weighted by atomic mass is 10.4. The largest absolute Gasteiger partial charge is 0.378 e. The molecule has 8 heteroatoms. The van der Waals surface area contributed by atoms with Gasteiger partial charge in [0.05, 0.1) is 13.2 Å². The van der Waals surface area contributed by atoms with Gasteiger partial charge in [-0.1, -0.05) is 0 Å². The van der Waals surface area contributed by atoms with Crippen LogP contribution in [0.5, 0.6) is 0 Å². The minimum Gasteiger partial charge on any atom is -0.378 e. The van der Waals surface area contributed by atoms with E-state index in [1.807, 2.05) is 10.3 Å². The number of aromatic nitrogens is 3. The number of hydrogen-bond donors (Lipinski definition) is 1. The van der Waals surface area contributed by atoms with Crippen LogP contribution in [0.2, 0.25) is 0 Å². The number of nitrogens with zero attached hydrogens (tertiary/aromatic N) is 4. The van der Waals surface area contributed by atoms with Crippen LogP contribution in [0, 0.1) is 0 Å². The van der Waals surface area contributed by atoms with E-state index < -0.39 is 0 Å². The van der Waals surface area contributed by atoms with Crippen LogP contribution >= 0.6 is 11.3 Å². The number of ether oxygens (including phenoxy) is 1. The highest BCUT2D eigenvalue weighted by Gasteiger charge is 2.18. The molecule has 0 saturated carbocycles. The van der Waals surface area contributed by atoms with Crippen LogP contribution in [0.25, 0.3) is 11.6 Å². The predicted molar refractivity (Wildman–Crippen MR) is 66.3 cm³/mol. The lowest BCUT2D eigenvalue weighted by molar-refractivity contribution is 0.121. The third kappa shape index (κ3) is 2.22. The van der Waals surface area contributed by atoms with Crippen LogP contribution in [0.3, 0.4) is 0 Å². The van der Waals surface area contributed by atoms with Crippen LogP contribution in [0.4, 0.5) is 5.95 Å². The van der Waals surface area contributed by atoms with Crippen molar-refractivity contribution >= 4 is 17.3 Å². The van der Waals surface area contributed by atoms with Crippen LogP contribution in [-0.4, -0.2) is 41.4 Å². The van der Waals surface area contributed by atoms with E-state index in [0.717, 1.165) is 18.1 Å². The van der Waals surface area contributed by atoms with E-state index >= 15 is 0 Å². The van der Waals surface area contributed by atoms with Gasteiger partial charge in [0, 0.05) is 25.0 Å². The summed E-state index contributed by atoms with van der Waals surface area (Å²) in [5, 5.41) is 6.70. The van der Waals surface area contributed by atoms with Gasteiger partial charge in [-0.15, -0.1) is 11.3 Å². The molecule has 0 amide bonds. The Bertz CT molecular complexity index is 520. The van der Waals surface area contributed by atoms with Crippen molar-refractivity contribution in [3.05, 3.63) is 10.4 Å². The van der Waals surface area contributed by atoms with Crippen molar-refractivity contribution in [2.45, 2.75) is 6.54 Å². The van der Waals surface area contributed by atoms with Crippen molar-refractivity contribution in [1.82, 2.24) is 15.1 Å². The Labute approximate surface area is 108 Å². The Morgan fingerprint density at radius 2 is 2.17 bits per heavy atom. The van der Waals surface area contributed by atoms with Gasteiger partial charge in [-0.2, -0.15) is 4.98 Å². The van der Waals surface area contributed by atoms with Gasteiger partial charge in [-0.3, -0.25) is 0 Å². The second-order valence-electron chi connectivity index (χ2n) is 3.83. The number of rotatable bonds is 3. The molecule has 1 fully saturated rings. The first-order valence-electron chi connectivity index (χ1n) is 5.68. The molecule has 1 aliphatic rings. The maximum atomic E-state index is 5.52. The number of anilines is 1. The molecular weight excluding hydrogens is 254 g/mol. The molecule has 96 valence electrons. The molecule has 2 aromatic heterocycles. The number of morpholine rings is 1. The Morgan fingerprint density at radius 1 is 1.33 bits per heavy atom. The van der Waals surface area contributed by atoms with Crippen LogP contribution < -0.4 is 10.6 Å². The Kier molecular flexibility index (Phi) is 3.22. The molecule has 0 unspecified atom stereocenters. The van der Waals surface area contributed by atoms with Crippen molar-refractivity contribution in [2.75, 3.05) is 31.2 Å². The molecule has 0 aromatic carbocycles. The summed E-state index contributed by atoms with van der Waals surface area (Å²) in [5.41, 5.74) is 6.21. The minimum atomic E-state index is 0.426. The summed E-state index contributed by atoms with van der Waals surface area (Å²) in [6.07, 6.45) is 0. The van der Waals surface area contributed by atoms with Crippen molar-refractivity contribution in [2.24, 2.45) is 5.73 Å². The average Bonchev–Trinajstić information content (AvgIpc) is 3.08. The highest BCUT2D eigenvalue weighted by atomic mass is 32.1. The van der Waals surface area contributed by atoms with Crippen LogP contribution in [0.1, 0.15) is 5.01 Å². The first-order valence-corrected chi connectivity index (χ1v) is 6.56. The van der Waals surface area contributed by atoms with Gasteiger partial charge >= 0.3 is 0 Å². The van der Waals surface area contributed by atoms with E-state index in [-0.39, 0.29) is 0 Å². The Morgan fingerprint density at radius 3 is 2.89 bits per heavy atom. The SMILES string of the molecule is NCc1nc(-c2nc(N3CCOCC3)no2)cs1. The van der Waals surface area contributed by atoms with Crippen molar-refractivity contribution < 1.29 is 9.26 Å². The number of nitrogens with two attached hydrogens (primary N) is 1. The summed E-state index contributed by atoms with van der Waals surface area (Å²) in [7, 11) is 0. The van der Waals surface area contributed by atoms with Gasteiger partial charge in [0.15, 0.2) is 0 Å². The molecule has 3 rings (SSSR count). The quantitative estimate of drug-likeness (QED) is 0.865. The molecule has 3 heterocycles. The van der Waals surface area contributed by atoms with Crippen LogP contribution in [0.15, 0.2) is 9.90 Å². The molecule has 0 atom stereocenters. The fourth-order valence-electron chi connectivity index (χ4n) is 1.71. The smallest absolute Gasteiger partial charge is 0.278 e. The summed E-state index contributed by atoms with van der Waals surface area (Å²) >= 11 is 1.49. The fourth-order valence-corrected chi connectivity index (χ4v) is 2.36. The van der Waals surface area contributed by atoms with Gasteiger partial charge in [-0.05, 0) is 5.16 Å². The van der Waals surface area contributed by atoms with E-state index in [2.05, 4.69) is 15.1 Å². The maximum absolute atomic E-state index is 5.52. The second-order valence-corrected chi connectivity index (χ2v) is 4.77. The van der Waals surface area contributed by atoms with E-state index in [9.17, 15) is 0 Å². The van der Waals surface area contributed by atoms with Crippen molar-refractivity contribution in [3.8, 4) is 11.6 Å². The summed E-state index contributed by atoms with van der Waals surface area (Å²) < 4.78 is 10.5. The molecule has 7 nitrogen and oxygen atoms in total. The van der Waals surface area contributed by atoms with Gasteiger partial charge in [0.25, 0.3) is 11.8 Å². The summed E-state index contributed by atoms with van der Waals surface area (Å²) in [6, 6.07) is 0. The minimum absolute atomic E-state index is 0.426. The van der Waals surface area contributed by atoms with E-state index in [1.54, 1.807) is 0 Å². The van der Waals surface area contributed by atoms with Gasteiger partial charge in [0.2, 0.25) is 0 Å². The third-order valence-corrected chi connectivity index (χ3v) is 3.53. The second kappa shape index (κ2) is 5.01. The molecule has 0 bridgehead atoms. The van der Waals surface area contributed by atoms with E-state index in [1.165, 1.54) is 11.3 Å². The normalized spacial score (nSPS) is 16.2. The zero-order valence-electron chi connectivity index (χ0n) is 9.70. The topological polar surface area (TPSA) is 90.3 Å². The van der Waals surface area contributed by atoms with Gasteiger partial charge < -0.3 is 19.9 Å². The molecule has 0 radical (unpaired) electrons. The summed E-state index contributed by atoms with van der Waals surface area (Å²) in [5.74, 6) is 1.03. The number of hydrogen-bond acceptors (Lipinski definition) is 8. The summed E-state index contributed by atoms with van der Waals surface area (Å²) in [6.45, 7) is 3.37. The van der Waals surface area contributed by atoms with Crippen LogP contribution in [-0.2, 0) is 11.3 Å². The molecule has 1 aliphatic heterocycles. The zero-order chi connectivity index (χ0) is 12.4. The third-order valence-electron chi connectivity index (χ3n) is 2.65. The average molecular weight is 267 g/mol. The highest BCUT2D eigenvalue weighted by molar-refractivity contribution is 7.09. The predicted octanol–water partition coefficient (Wildman–Crippen LogP) is 0.488. The van der Waals surface area contributed by atoms with Gasteiger partial charge in [-0.25, -0.2) is 4.98 Å². The first-order chi connectivity index (χ1) is 8.86. The number of thiazole rings is 1. The molecule has 0 spiro atoms. The molecular formula is C10H13N5O2S. The molecule has 2 N–H and O–H groups in total. The summed E-state index contributed by atoms with van der Waals surface area (Å²) in [4.78, 5) is 10.7. The molecule has 2 aromatic rings. The van der Waals surface area contributed by atoms with E-state index in [4.69, 9.17) is 15.0 Å². The fraction of sp³-hybridized carbons (Fsp3) is 0.500. The van der Waals surface area contributed by atoms with E-state index in [0.29, 0.717) is 37.3 Å². The standard InChI is InChI=1S/C10H13N5O2S/c11-5-8-12-7(6-18-8)9-13-10(14-17-9)15-1-3-16-4-2-15/h6H,1-5,11H2. The molecule has 0 aliphatic carbocycles. The zero-order valence-corrected chi connectivity index (χ0v) is 10.5. The monoisotopic (exact) mass is 267 g/mol. The Hall–Kier alpha value is -1.51. The molecule has 18 heavy (non-hydrogen) atoms. The van der Waals surface area contributed by atoms with Crippen molar-refractivity contribution in [1.29, 1.82) is 0 Å². The lowest BCUT2D eigenvalue weighted by Gasteiger charge is -2.24. The molecule has 1 saturated heterocycles. The Balaban J connectivity index is 1.79. The van der Waals surface area contributed by atoms with Crippen molar-refractivity contribution in [3.63, 3.8) is 0 Å². The highest BCUT2D eigenvalue weighted by Crippen LogP contribution is 2.22. The maximum Gasteiger partial charge on any atom is 0.278 e.